The van der Waals surface area contributed by atoms with Crippen molar-refractivity contribution in [1.29, 1.82) is 0 Å². The fourth-order valence-electron chi connectivity index (χ4n) is 4.67. The number of rotatable bonds is 6. The lowest BCUT2D eigenvalue weighted by Crippen LogP contribution is -2.39. The predicted octanol–water partition coefficient (Wildman–Crippen LogP) is 3.65. The first-order chi connectivity index (χ1) is 16.3. The van der Waals surface area contributed by atoms with Gasteiger partial charge in [-0.15, -0.1) is 0 Å². The van der Waals surface area contributed by atoms with E-state index in [2.05, 4.69) is 25.6 Å². The number of hydrogen-bond donors (Lipinski definition) is 4. The number of halogens is 3. The molecule has 3 aromatic rings. The van der Waals surface area contributed by atoms with Gasteiger partial charge >= 0.3 is 0 Å². The fraction of sp³-hybridized carbons (Fsp3) is 0.455. The van der Waals surface area contributed by atoms with E-state index in [-0.39, 0.29) is 46.7 Å². The molecule has 1 amide bonds. The van der Waals surface area contributed by atoms with E-state index in [4.69, 9.17) is 17.3 Å². The van der Waals surface area contributed by atoms with Crippen LogP contribution in [0.15, 0.2) is 18.3 Å². The molecule has 12 heteroatoms. The second kappa shape index (κ2) is 8.95. The minimum Gasteiger partial charge on any atom is -0.393 e. The summed E-state index contributed by atoms with van der Waals surface area (Å²) in [5, 5.41) is 15.5. The molecule has 0 bridgehead atoms. The highest BCUT2D eigenvalue weighted by molar-refractivity contribution is 6.30. The van der Waals surface area contributed by atoms with Gasteiger partial charge in [-0.05, 0) is 50.7 Å². The number of primary amides is 1. The molecule has 9 nitrogen and oxygen atoms in total. The van der Waals surface area contributed by atoms with Crippen LogP contribution in [0.5, 0.6) is 0 Å². The molecule has 5 rings (SSSR count). The number of benzene rings is 1. The highest BCUT2D eigenvalue weighted by Gasteiger charge is 2.31. The lowest BCUT2D eigenvalue weighted by Gasteiger charge is -2.32. The lowest BCUT2D eigenvalue weighted by atomic mass is 9.85. The van der Waals surface area contributed by atoms with Crippen molar-refractivity contribution in [2.75, 3.05) is 10.6 Å². The number of aromatic nitrogens is 4. The van der Waals surface area contributed by atoms with E-state index < -0.39 is 11.6 Å². The second-order valence-electron chi connectivity index (χ2n) is 8.95. The number of carbonyl (C=O) groups excluding carboxylic acids is 1. The smallest absolute Gasteiger partial charge is 0.224 e. The Morgan fingerprint density at radius 3 is 2.44 bits per heavy atom. The number of anilines is 3. The molecule has 2 fully saturated rings. The molecule has 0 radical (unpaired) electrons. The maximum Gasteiger partial charge on any atom is 0.224 e. The summed E-state index contributed by atoms with van der Waals surface area (Å²) in [6.45, 7) is 0. The molecule has 0 aliphatic heterocycles. The van der Waals surface area contributed by atoms with Crippen LogP contribution in [0.3, 0.4) is 0 Å². The number of hydrogen-bond acceptors (Lipinski definition) is 7. The lowest BCUT2D eigenvalue weighted by molar-refractivity contribution is -0.122. The fourth-order valence-corrected chi connectivity index (χ4v) is 4.87. The zero-order chi connectivity index (χ0) is 24.0. The van der Waals surface area contributed by atoms with Gasteiger partial charge in [0.1, 0.15) is 11.2 Å². The largest absolute Gasteiger partial charge is 0.393 e. The quantitative estimate of drug-likeness (QED) is 0.414. The Kier molecular flexibility index (Phi) is 5.98. The van der Waals surface area contributed by atoms with Crippen molar-refractivity contribution in [3.63, 3.8) is 0 Å². The van der Waals surface area contributed by atoms with Gasteiger partial charge in [0, 0.05) is 23.0 Å². The third kappa shape index (κ3) is 4.37. The molecule has 2 heterocycles. The second-order valence-corrected chi connectivity index (χ2v) is 9.39. The van der Waals surface area contributed by atoms with Crippen LogP contribution in [0.1, 0.15) is 44.6 Å². The van der Waals surface area contributed by atoms with Gasteiger partial charge in [0.2, 0.25) is 17.8 Å². The van der Waals surface area contributed by atoms with E-state index in [9.17, 15) is 18.7 Å². The predicted molar refractivity (Wildman–Crippen MR) is 123 cm³/mol. The molecule has 1 aromatic carbocycles. The summed E-state index contributed by atoms with van der Waals surface area (Å²) in [5.74, 6) is -1.63. The first-order valence-corrected chi connectivity index (χ1v) is 11.6. The van der Waals surface area contributed by atoms with Crippen LogP contribution < -0.4 is 16.4 Å². The molecular weight excluding hydrogens is 468 g/mol. The van der Waals surface area contributed by atoms with Crippen LogP contribution in [0.2, 0.25) is 5.02 Å². The van der Waals surface area contributed by atoms with Gasteiger partial charge < -0.3 is 21.5 Å². The number of aliphatic hydroxyl groups excluding tert-OH is 1. The van der Waals surface area contributed by atoms with Crippen LogP contribution in [0, 0.1) is 17.6 Å². The molecule has 2 aliphatic rings. The normalized spacial score (nSPS) is 24.6. The summed E-state index contributed by atoms with van der Waals surface area (Å²) in [6.07, 6.45) is 4.89. The van der Waals surface area contributed by atoms with E-state index in [1.807, 2.05) is 4.57 Å². The third-order valence-corrected chi connectivity index (χ3v) is 6.81. The van der Waals surface area contributed by atoms with Gasteiger partial charge in [-0.3, -0.25) is 9.36 Å². The van der Waals surface area contributed by atoms with E-state index in [0.717, 1.165) is 12.1 Å². The van der Waals surface area contributed by atoms with Crippen molar-refractivity contribution in [2.45, 2.75) is 56.7 Å². The Morgan fingerprint density at radius 2 is 1.82 bits per heavy atom. The minimum atomic E-state index is -0.849. The summed E-state index contributed by atoms with van der Waals surface area (Å²) < 4.78 is 30.8. The SMILES string of the molecule is NC(=O)[C@H]1CC[C@@H](n2c(Nc3c(F)cc(Cl)cc3F)nc3cnc(N[C@H]4C[C@H](O)C4)nc32)CC1. The number of carbonyl (C=O) groups is 1. The van der Waals surface area contributed by atoms with E-state index in [1.54, 1.807) is 6.20 Å². The van der Waals surface area contributed by atoms with Crippen LogP contribution >= 0.6 is 11.6 Å². The zero-order valence-electron chi connectivity index (χ0n) is 18.1. The van der Waals surface area contributed by atoms with Crippen LogP contribution in [-0.2, 0) is 4.79 Å². The van der Waals surface area contributed by atoms with Gasteiger partial charge in [-0.1, -0.05) is 11.6 Å². The molecule has 0 atom stereocenters. The van der Waals surface area contributed by atoms with Gasteiger partial charge in [0.15, 0.2) is 17.3 Å². The Bertz CT molecular complexity index is 1220. The molecule has 2 aliphatic carbocycles. The van der Waals surface area contributed by atoms with E-state index in [0.29, 0.717) is 55.6 Å². The maximum absolute atomic E-state index is 14.5. The molecular formula is C22H24ClF2N7O2. The Morgan fingerprint density at radius 1 is 1.15 bits per heavy atom. The molecule has 2 saturated carbocycles. The number of nitrogens with one attached hydrogen (secondary N) is 2. The van der Waals surface area contributed by atoms with Gasteiger partial charge in [0.05, 0.1) is 12.3 Å². The Labute approximate surface area is 198 Å². The third-order valence-electron chi connectivity index (χ3n) is 6.59. The Hall–Kier alpha value is -3.05. The summed E-state index contributed by atoms with van der Waals surface area (Å²) in [6, 6.07) is 2.00. The van der Waals surface area contributed by atoms with Crippen molar-refractivity contribution in [3.05, 3.63) is 35.0 Å². The average Bonchev–Trinajstić information content (AvgIpc) is 3.12. The molecule has 180 valence electrons. The number of nitrogens with zero attached hydrogens (tertiary/aromatic N) is 4. The molecule has 34 heavy (non-hydrogen) atoms. The Balaban J connectivity index is 1.52. The minimum absolute atomic E-state index is 0.0541. The van der Waals surface area contributed by atoms with Crippen LogP contribution in [-0.4, -0.2) is 42.7 Å². The highest BCUT2D eigenvalue weighted by atomic mass is 35.5. The van der Waals surface area contributed by atoms with Gasteiger partial charge in [-0.2, -0.15) is 4.98 Å². The summed E-state index contributed by atoms with van der Waals surface area (Å²) >= 11 is 5.76. The number of amides is 1. The first-order valence-electron chi connectivity index (χ1n) is 11.2. The number of aliphatic hydroxyl groups is 1. The molecule has 0 saturated heterocycles. The van der Waals surface area contributed by atoms with Crippen LogP contribution in [0.25, 0.3) is 11.2 Å². The van der Waals surface area contributed by atoms with Crippen LogP contribution in [0.4, 0.5) is 26.4 Å². The standard InChI is InChI=1S/C22H24ClF2N7O2/c23-11-5-15(24)18(16(25)6-11)30-22-29-17-9-27-21(28-12-7-14(33)8-12)31-20(17)32(22)13-3-1-10(2-4-13)19(26)34/h5-6,9-10,12-14,33H,1-4,7-8H2,(H2,26,34)(H,29,30)(H,27,28,31)/t10-,12-,13+,14-. The molecule has 2 aromatic heterocycles. The maximum atomic E-state index is 14.5. The topological polar surface area (TPSA) is 131 Å². The van der Waals surface area contributed by atoms with Crippen molar-refractivity contribution in [3.8, 4) is 0 Å². The number of fused-ring (bicyclic) bond motifs is 1. The summed E-state index contributed by atoms with van der Waals surface area (Å²) in [7, 11) is 0. The highest BCUT2D eigenvalue weighted by Crippen LogP contribution is 2.38. The average molecular weight is 492 g/mol. The van der Waals surface area contributed by atoms with Gasteiger partial charge in [-0.25, -0.2) is 18.7 Å². The van der Waals surface area contributed by atoms with Crippen molar-refractivity contribution in [1.82, 2.24) is 19.5 Å². The summed E-state index contributed by atoms with van der Waals surface area (Å²) in [5.41, 5.74) is 6.06. The molecule has 0 unspecified atom stereocenters. The van der Waals surface area contributed by atoms with Crippen molar-refractivity contribution in [2.24, 2.45) is 11.7 Å². The monoisotopic (exact) mass is 491 g/mol. The molecule has 5 N–H and O–H groups in total. The molecule has 0 spiro atoms. The van der Waals surface area contributed by atoms with Crippen molar-refractivity contribution >= 4 is 46.3 Å². The van der Waals surface area contributed by atoms with E-state index >= 15 is 0 Å². The van der Waals surface area contributed by atoms with E-state index in [1.165, 1.54) is 0 Å². The summed E-state index contributed by atoms with van der Waals surface area (Å²) in [4.78, 5) is 25.1. The van der Waals surface area contributed by atoms with Gasteiger partial charge in [0.25, 0.3) is 0 Å². The number of nitrogens with two attached hydrogens (primary N) is 1. The first kappa shape index (κ1) is 22.7. The zero-order valence-corrected chi connectivity index (χ0v) is 18.9. The van der Waals surface area contributed by atoms with Crippen molar-refractivity contribution < 1.29 is 18.7 Å². The number of imidazole rings is 1.